The van der Waals surface area contributed by atoms with Crippen LogP contribution in [0.5, 0.6) is 0 Å². The van der Waals surface area contributed by atoms with Crippen LogP contribution in [0.4, 0.5) is 4.39 Å². The fraction of sp³-hybridized carbons (Fsp3) is 0.421. The Morgan fingerprint density at radius 1 is 1.16 bits per heavy atom. The van der Waals surface area contributed by atoms with E-state index in [1.165, 1.54) is 12.1 Å². The van der Waals surface area contributed by atoms with E-state index in [2.05, 4.69) is 33.1 Å². The number of aromatic nitrogens is 3. The molecule has 0 radical (unpaired) electrons. The first-order valence-electron chi connectivity index (χ1n) is 8.39. The summed E-state index contributed by atoms with van der Waals surface area (Å²) in [6.07, 6.45) is 5.88. The normalized spacial score (nSPS) is 16.2. The number of halogens is 1. The molecule has 0 bridgehead atoms. The first kappa shape index (κ1) is 17.6. The van der Waals surface area contributed by atoms with Crippen molar-refractivity contribution < 1.29 is 4.39 Å². The fourth-order valence-corrected chi connectivity index (χ4v) is 3.28. The lowest BCUT2D eigenvalue weighted by Crippen LogP contribution is -2.45. The van der Waals surface area contributed by atoms with Gasteiger partial charge in [0.25, 0.3) is 0 Å². The van der Waals surface area contributed by atoms with Crippen LogP contribution in [0.1, 0.15) is 7.43 Å². The minimum atomic E-state index is -0.223. The summed E-state index contributed by atoms with van der Waals surface area (Å²) in [4.78, 5) is 7.98. The smallest absolute Gasteiger partial charge is 0.125 e. The molecule has 2 aromatic heterocycles. The van der Waals surface area contributed by atoms with Crippen LogP contribution in [0.3, 0.4) is 0 Å². The van der Waals surface area contributed by atoms with Gasteiger partial charge < -0.3 is 9.88 Å². The molecule has 25 heavy (non-hydrogen) atoms. The molecule has 3 aromatic rings. The second kappa shape index (κ2) is 7.37. The number of H-pyrrole nitrogens is 1. The maximum Gasteiger partial charge on any atom is 0.125 e. The second-order valence-electron chi connectivity index (χ2n) is 6.53. The van der Waals surface area contributed by atoms with Crippen LogP contribution in [0.2, 0.25) is 0 Å². The van der Waals surface area contributed by atoms with Crippen molar-refractivity contribution in [3.05, 3.63) is 42.6 Å². The molecule has 0 atom stereocenters. The lowest BCUT2D eigenvalue weighted by atomic mass is 10.1. The molecule has 0 amide bonds. The van der Waals surface area contributed by atoms with Crippen molar-refractivity contribution in [2.75, 3.05) is 39.8 Å². The summed E-state index contributed by atoms with van der Waals surface area (Å²) in [5, 5.41) is 5.51. The van der Waals surface area contributed by atoms with E-state index in [4.69, 9.17) is 0 Å². The number of aromatic amines is 1. The fourth-order valence-electron chi connectivity index (χ4n) is 3.28. The summed E-state index contributed by atoms with van der Waals surface area (Å²) < 4.78 is 15.3. The number of nitrogens with zero attached hydrogens (tertiary/aromatic N) is 4. The third kappa shape index (κ3) is 3.75. The molecule has 1 fully saturated rings. The topological polar surface area (TPSA) is 40.1 Å². The average Bonchev–Trinajstić information content (AvgIpc) is 3.20. The largest absolute Gasteiger partial charge is 0.360 e. The second-order valence-corrected chi connectivity index (χ2v) is 6.53. The summed E-state index contributed by atoms with van der Waals surface area (Å²) in [5.41, 5.74) is 2.94. The van der Waals surface area contributed by atoms with Crippen LogP contribution < -0.4 is 0 Å². The van der Waals surface area contributed by atoms with Gasteiger partial charge in [-0.25, -0.2) is 4.39 Å². The van der Waals surface area contributed by atoms with Gasteiger partial charge in [0.05, 0.1) is 12.7 Å². The number of nitrogens with one attached hydrogen (secondary N) is 1. The zero-order valence-electron chi connectivity index (χ0n) is 13.9. The molecule has 6 heteroatoms. The molecule has 1 aliphatic heterocycles. The highest BCUT2D eigenvalue weighted by Gasteiger charge is 2.14. The Bertz CT molecular complexity index is 829. The summed E-state index contributed by atoms with van der Waals surface area (Å²) in [6, 6.07) is 4.84. The van der Waals surface area contributed by atoms with Gasteiger partial charge >= 0.3 is 0 Å². The Kier molecular flexibility index (Phi) is 5.20. The van der Waals surface area contributed by atoms with Gasteiger partial charge in [-0.3, -0.25) is 9.58 Å². The number of likely N-dealkylation sites (N-methyl/N-ethyl adjacent to an activating group) is 1. The zero-order chi connectivity index (χ0) is 16.5. The van der Waals surface area contributed by atoms with Gasteiger partial charge in [-0.2, -0.15) is 5.10 Å². The monoisotopic (exact) mass is 343 g/mol. The van der Waals surface area contributed by atoms with Crippen molar-refractivity contribution >= 4 is 10.9 Å². The highest BCUT2D eigenvalue weighted by atomic mass is 19.1. The maximum absolute atomic E-state index is 13.3. The van der Waals surface area contributed by atoms with E-state index in [1.54, 1.807) is 0 Å². The molecule has 0 aliphatic carbocycles. The quantitative estimate of drug-likeness (QED) is 0.791. The minimum Gasteiger partial charge on any atom is -0.360 e. The van der Waals surface area contributed by atoms with Crippen LogP contribution >= 0.6 is 0 Å². The highest BCUT2D eigenvalue weighted by Crippen LogP contribution is 2.28. The number of rotatable bonds is 4. The molecule has 4 rings (SSSR count). The summed E-state index contributed by atoms with van der Waals surface area (Å²) in [7, 11) is 2.17. The lowest BCUT2D eigenvalue weighted by Gasteiger charge is -2.32. The third-order valence-corrected chi connectivity index (χ3v) is 4.83. The van der Waals surface area contributed by atoms with Crippen LogP contribution in [0, 0.1) is 5.82 Å². The predicted octanol–water partition coefficient (Wildman–Crippen LogP) is 3.05. The number of hydrogen-bond acceptors (Lipinski definition) is 3. The Morgan fingerprint density at radius 2 is 1.96 bits per heavy atom. The van der Waals surface area contributed by atoms with E-state index in [9.17, 15) is 4.39 Å². The molecule has 5 nitrogen and oxygen atoms in total. The van der Waals surface area contributed by atoms with E-state index in [-0.39, 0.29) is 13.2 Å². The van der Waals surface area contributed by atoms with Crippen molar-refractivity contribution in [1.82, 2.24) is 24.6 Å². The molecule has 3 heterocycles. The van der Waals surface area contributed by atoms with E-state index in [1.807, 2.05) is 23.1 Å². The molecule has 1 saturated heterocycles. The molecule has 1 aliphatic rings. The molecule has 0 unspecified atom stereocenters. The van der Waals surface area contributed by atoms with Gasteiger partial charge in [-0.05, 0) is 25.2 Å². The predicted molar refractivity (Wildman–Crippen MR) is 100 cm³/mol. The molecule has 0 saturated carbocycles. The number of hydrogen-bond donors (Lipinski definition) is 1. The standard InChI is InChI=1S/C18H22FN5.CH4/c1-22-4-6-23(7-5-22)8-9-24-13-14(11-21-24)17-12-20-18-10-15(19)2-3-16(17)18;/h2-3,10-13,20H,4-9H2,1H3;1H4. The van der Waals surface area contributed by atoms with Crippen LogP contribution in [0.25, 0.3) is 22.0 Å². The SMILES string of the molecule is C.CN1CCN(CCn2cc(-c3c[nH]c4cc(F)ccc34)cn2)CC1. The molecule has 0 spiro atoms. The van der Waals surface area contributed by atoms with Gasteiger partial charge in [0.1, 0.15) is 5.82 Å². The Labute approximate surface area is 148 Å². The van der Waals surface area contributed by atoms with Gasteiger partial charge in [0.15, 0.2) is 0 Å². The van der Waals surface area contributed by atoms with Gasteiger partial charge in [-0.15, -0.1) is 0 Å². The third-order valence-electron chi connectivity index (χ3n) is 4.83. The van der Waals surface area contributed by atoms with Gasteiger partial charge in [0.2, 0.25) is 0 Å². The average molecular weight is 343 g/mol. The highest BCUT2D eigenvalue weighted by molar-refractivity contribution is 5.95. The van der Waals surface area contributed by atoms with Crippen molar-refractivity contribution in [1.29, 1.82) is 0 Å². The number of fused-ring (bicyclic) bond motifs is 1. The lowest BCUT2D eigenvalue weighted by molar-refractivity contribution is 0.149. The molecule has 1 N–H and O–H groups in total. The molecule has 134 valence electrons. The van der Waals surface area contributed by atoms with Crippen molar-refractivity contribution in [3.8, 4) is 11.1 Å². The first-order chi connectivity index (χ1) is 11.7. The van der Waals surface area contributed by atoms with Gasteiger partial charge in [0, 0.05) is 67.1 Å². The van der Waals surface area contributed by atoms with Crippen molar-refractivity contribution in [3.63, 3.8) is 0 Å². The van der Waals surface area contributed by atoms with Crippen LogP contribution in [-0.2, 0) is 6.54 Å². The molecule has 1 aromatic carbocycles. The van der Waals surface area contributed by atoms with Crippen LogP contribution in [0.15, 0.2) is 36.8 Å². The maximum atomic E-state index is 13.3. The minimum absolute atomic E-state index is 0. The van der Waals surface area contributed by atoms with E-state index < -0.39 is 0 Å². The van der Waals surface area contributed by atoms with Gasteiger partial charge in [-0.1, -0.05) is 7.43 Å². The van der Waals surface area contributed by atoms with E-state index in [0.29, 0.717) is 0 Å². The van der Waals surface area contributed by atoms with E-state index >= 15 is 0 Å². The molecular weight excluding hydrogens is 317 g/mol. The number of benzene rings is 1. The summed E-state index contributed by atoms with van der Waals surface area (Å²) in [5.74, 6) is -0.223. The van der Waals surface area contributed by atoms with Crippen LogP contribution in [-0.4, -0.2) is 64.3 Å². The Hall–Kier alpha value is -2.18. The van der Waals surface area contributed by atoms with Crippen molar-refractivity contribution in [2.45, 2.75) is 14.0 Å². The Morgan fingerprint density at radius 3 is 2.76 bits per heavy atom. The number of piperazine rings is 1. The molecular formula is C19H26FN5. The first-order valence-corrected chi connectivity index (χ1v) is 8.39. The Balaban J connectivity index is 0.00000182. The summed E-state index contributed by atoms with van der Waals surface area (Å²) >= 11 is 0. The van der Waals surface area contributed by atoms with E-state index in [0.717, 1.165) is 61.3 Å². The van der Waals surface area contributed by atoms with Crippen molar-refractivity contribution in [2.24, 2.45) is 0 Å². The zero-order valence-corrected chi connectivity index (χ0v) is 13.9. The summed E-state index contributed by atoms with van der Waals surface area (Å²) in [6.45, 7) is 6.43.